The monoisotopic (exact) mass is 445 g/mol. The highest BCUT2D eigenvalue weighted by Crippen LogP contribution is 2.23. The summed E-state index contributed by atoms with van der Waals surface area (Å²) in [6.07, 6.45) is 5.54. The topological polar surface area (TPSA) is 103 Å². The fourth-order valence-corrected chi connectivity index (χ4v) is 4.02. The van der Waals surface area contributed by atoms with E-state index in [1.54, 1.807) is 23.2 Å². The number of hydrogen-bond acceptors (Lipinski definition) is 7. The molecule has 1 saturated heterocycles. The summed E-state index contributed by atoms with van der Waals surface area (Å²) < 4.78 is 0. The van der Waals surface area contributed by atoms with E-state index < -0.39 is 10.9 Å². The number of aromatic nitrogens is 1. The van der Waals surface area contributed by atoms with Crippen LogP contribution in [0.4, 0.5) is 22.9 Å². The Bertz CT molecular complexity index is 1200. The normalized spacial score (nSPS) is 15.8. The molecular formula is C25H27N5O3. The van der Waals surface area contributed by atoms with E-state index in [-0.39, 0.29) is 17.6 Å². The summed E-state index contributed by atoms with van der Waals surface area (Å²) in [6.45, 7) is 5.41. The molecule has 33 heavy (non-hydrogen) atoms. The van der Waals surface area contributed by atoms with Gasteiger partial charge in [0.1, 0.15) is 17.2 Å². The predicted molar refractivity (Wildman–Crippen MR) is 131 cm³/mol. The first-order valence-corrected chi connectivity index (χ1v) is 11.1. The van der Waals surface area contributed by atoms with Gasteiger partial charge in [-0.05, 0) is 37.0 Å². The second-order valence-corrected chi connectivity index (χ2v) is 8.10. The van der Waals surface area contributed by atoms with Crippen molar-refractivity contribution in [3.63, 3.8) is 0 Å². The van der Waals surface area contributed by atoms with Crippen LogP contribution in [0.5, 0.6) is 0 Å². The van der Waals surface area contributed by atoms with Gasteiger partial charge in [0, 0.05) is 43.6 Å². The highest BCUT2D eigenvalue weighted by Gasteiger charge is 2.23. The molecule has 1 aromatic heterocycles. The number of nitrogens with one attached hydrogen (secondary N) is 3. The van der Waals surface area contributed by atoms with Crippen LogP contribution in [0.25, 0.3) is 0 Å². The van der Waals surface area contributed by atoms with E-state index in [4.69, 9.17) is 0 Å². The van der Waals surface area contributed by atoms with E-state index in [1.165, 1.54) is 6.08 Å². The van der Waals surface area contributed by atoms with Gasteiger partial charge in [-0.25, -0.2) is 4.98 Å². The van der Waals surface area contributed by atoms with Gasteiger partial charge >= 0.3 is 0 Å². The largest absolute Gasteiger partial charge is 0.380 e. The second-order valence-electron chi connectivity index (χ2n) is 8.10. The van der Waals surface area contributed by atoms with Crippen LogP contribution in [0.15, 0.2) is 70.9 Å². The average Bonchev–Trinajstić information content (AvgIpc) is 2.86. The SMILES string of the molecule is C=CC(=O)N1CCC[C@@H](Nc2cc(Nc3c(NCCc4ccccc4)c(=O)c3=O)ccn2)C1. The summed E-state index contributed by atoms with van der Waals surface area (Å²) >= 11 is 0. The second kappa shape index (κ2) is 10.1. The van der Waals surface area contributed by atoms with Gasteiger partial charge in [0.15, 0.2) is 0 Å². The summed E-state index contributed by atoms with van der Waals surface area (Å²) in [5.74, 6) is 0.562. The molecule has 1 amide bonds. The molecular weight excluding hydrogens is 418 g/mol. The van der Waals surface area contributed by atoms with Crippen LogP contribution in [0, 0.1) is 0 Å². The van der Waals surface area contributed by atoms with Crippen molar-refractivity contribution in [3.05, 3.63) is 87.3 Å². The highest BCUT2D eigenvalue weighted by molar-refractivity contribution is 5.87. The molecule has 0 unspecified atom stereocenters. The molecule has 170 valence electrons. The Labute approximate surface area is 192 Å². The Morgan fingerprint density at radius 2 is 1.94 bits per heavy atom. The van der Waals surface area contributed by atoms with Crippen molar-refractivity contribution < 1.29 is 4.79 Å². The van der Waals surface area contributed by atoms with Gasteiger partial charge in [0.2, 0.25) is 5.91 Å². The number of rotatable bonds is 9. The van der Waals surface area contributed by atoms with Gasteiger partial charge in [0.25, 0.3) is 10.9 Å². The number of anilines is 4. The third kappa shape index (κ3) is 5.28. The molecule has 2 heterocycles. The molecule has 1 aliphatic heterocycles. The maximum atomic E-state index is 12.2. The van der Waals surface area contributed by atoms with E-state index in [1.807, 2.05) is 30.3 Å². The zero-order valence-corrected chi connectivity index (χ0v) is 18.3. The number of hydrogen-bond donors (Lipinski definition) is 3. The van der Waals surface area contributed by atoms with Crippen LogP contribution in [0.2, 0.25) is 0 Å². The first kappa shape index (κ1) is 22.3. The molecule has 0 saturated carbocycles. The van der Waals surface area contributed by atoms with Crippen molar-refractivity contribution in [1.29, 1.82) is 0 Å². The number of nitrogens with zero attached hydrogens (tertiary/aromatic N) is 2. The third-order valence-electron chi connectivity index (χ3n) is 5.76. The van der Waals surface area contributed by atoms with Crippen molar-refractivity contribution in [2.24, 2.45) is 0 Å². The zero-order chi connectivity index (χ0) is 23.2. The number of carbonyl (C=O) groups excluding carboxylic acids is 1. The minimum atomic E-state index is -0.533. The summed E-state index contributed by atoms with van der Waals surface area (Å²) in [5.41, 5.74) is 1.35. The molecule has 1 aliphatic rings. The maximum Gasteiger partial charge on any atom is 0.253 e. The minimum Gasteiger partial charge on any atom is -0.380 e. The third-order valence-corrected chi connectivity index (χ3v) is 5.76. The quantitative estimate of drug-likeness (QED) is 0.344. The summed E-state index contributed by atoms with van der Waals surface area (Å²) in [7, 11) is 0. The first-order chi connectivity index (χ1) is 16.0. The van der Waals surface area contributed by atoms with Gasteiger partial charge in [-0.2, -0.15) is 0 Å². The van der Waals surface area contributed by atoms with Gasteiger partial charge in [0.05, 0.1) is 0 Å². The Morgan fingerprint density at radius 3 is 2.73 bits per heavy atom. The maximum absolute atomic E-state index is 12.2. The Morgan fingerprint density at radius 1 is 1.15 bits per heavy atom. The Kier molecular flexibility index (Phi) is 6.83. The van der Waals surface area contributed by atoms with E-state index in [9.17, 15) is 14.4 Å². The summed E-state index contributed by atoms with van der Waals surface area (Å²) in [5, 5.41) is 9.51. The van der Waals surface area contributed by atoms with Crippen LogP contribution in [0.3, 0.4) is 0 Å². The van der Waals surface area contributed by atoms with Gasteiger partial charge < -0.3 is 20.9 Å². The molecule has 0 bridgehead atoms. The van der Waals surface area contributed by atoms with E-state index in [2.05, 4.69) is 27.5 Å². The van der Waals surface area contributed by atoms with Crippen LogP contribution >= 0.6 is 0 Å². The standard InChI is InChI=1S/C25H27N5O3/c1-2-21(31)30-14-6-9-19(16-30)28-20-15-18(11-13-26-20)29-23-22(24(32)25(23)33)27-12-10-17-7-4-3-5-8-17/h2-5,7-8,11,13,15,19,27H,1,6,9-10,12,14,16H2,(H2,26,28,29)/t19-/m1/s1. The number of amides is 1. The lowest BCUT2D eigenvalue weighted by Gasteiger charge is -2.32. The fraction of sp³-hybridized carbons (Fsp3) is 0.280. The fourth-order valence-electron chi connectivity index (χ4n) is 4.02. The zero-order valence-electron chi connectivity index (χ0n) is 18.3. The molecule has 1 fully saturated rings. The molecule has 2 aromatic carbocycles. The summed E-state index contributed by atoms with van der Waals surface area (Å²) in [6, 6.07) is 13.5. The molecule has 1 atom stereocenters. The van der Waals surface area contributed by atoms with Gasteiger partial charge in [-0.15, -0.1) is 0 Å². The Hall–Kier alpha value is -3.94. The van der Waals surface area contributed by atoms with Crippen LogP contribution in [-0.2, 0) is 11.2 Å². The number of carbonyl (C=O) groups is 1. The number of likely N-dealkylation sites (tertiary alicyclic amines) is 1. The van der Waals surface area contributed by atoms with Crippen molar-refractivity contribution >= 4 is 28.8 Å². The van der Waals surface area contributed by atoms with Gasteiger partial charge in [-0.3, -0.25) is 14.4 Å². The highest BCUT2D eigenvalue weighted by atomic mass is 16.2. The molecule has 3 N–H and O–H groups in total. The molecule has 8 heteroatoms. The van der Waals surface area contributed by atoms with Crippen LogP contribution < -0.4 is 26.8 Å². The predicted octanol–water partition coefficient (Wildman–Crippen LogP) is 2.66. The van der Waals surface area contributed by atoms with Crippen molar-refractivity contribution in [1.82, 2.24) is 9.88 Å². The first-order valence-electron chi connectivity index (χ1n) is 11.1. The molecule has 3 aromatic rings. The molecule has 0 aliphatic carbocycles. The lowest BCUT2D eigenvalue weighted by molar-refractivity contribution is -0.127. The molecule has 4 rings (SSSR count). The number of pyridine rings is 1. The lowest BCUT2D eigenvalue weighted by atomic mass is 10.1. The van der Waals surface area contributed by atoms with E-state index >= 15 is 0 Å². The number of piperidine rings is 1. The molecule has 0 radical (unpaired) electrons. The minimum absolute atomic E-state index is 0.0720. The van der Waals surface area contributed by atoms with Crippen LogP contribution in [0.1, 0.15) is 18.4 Å². The molecule has 0 spiro atoms. The number of benzene rings is 1. The van der Waals surface area contributed by atoms with Crippen molar-refractivity contribution in [3.8, 4) is 0 Å². The van der Waals surface area contributed by atoms with Gasteiger partial charge in [-0.1, -0.05) is 36.9 Å². The lowest BCUT2D eigenvalue weighted by Crippen LogP contribution is -2.44. The van der Waals surface area contributed by atoms with Crippen LogP contribution in [-0.4, -0.2) is 41.5 Å². The van der Waals surface area contributed by atoms with Crippen molar-refractivity contribution in [2.45, 2.75) is 25.3 Å². The smallest absolute Gasteiger partial charge is 0.253 e. The average molecular weight is 446 g/mol. The Balaban J connectivity index is 1.38. The van der Waals surface area contributed by atoms with E-state index in [0.29, 0.717) is 30.3 Å². The van der Waals surface area contributed by atoms with Crippen molar-refractivity contribution in [2.75, 3.05) is 35.6 Å². The molecule has 8 nitrogen and oxygen atoms in total. The summed E-state index contributed by atoms with van der Waals surface area (Å²) in [4.78, 5) is 42.3. The van der Waals surface area contributed by atoms with E-state index in [0.717, 1.165) is 31.4 Å².